The van der Waals surface area contributed by atoms with E-state index in [1.54, 1.807) is 0 Å². The van der Waals surface area contributed by atoms with Crippen LogP contribution in [0, 0.1) is 0 Å². The van der Waals surface area contributed by atoms with Gasteiger partial charge in [-0.3, -0.25) is 9.69 Å². The summed E-state index contributed by atoms with van der Waals surface area (Å²) in [6.07, 6.45) is 4.34. The summed E-state index contributed by atoms with van der Waals surface area (Å²) < 4.78 is 0. The second kappa shape index (κ2) is 10.2. The lowest BCUT2D eigenvalue weighted by Gasteiger charge is -2.34. The predicted molar refractivity (Wildman–Crippen MR) is 140 cm³/mol. The number of carbonyl (C=O) groups excluding carboxylic acids is 1. The molecule has 5 heteroatoms. The highest BCUT2D eigenvalue weighted by Gasteiger charge is 2.24. The molecule has 1 aliphatic rings. The van der Waals surface area contributed by atoms with Gasteiger partial charge in [0.05, 0.1) is 16.8 Å². The first-order chi connectivity index (χ1) is 16.7. The highest BCUT2D eigenvalue weighted by molar-refractivity contribution is 6.33. The number of fused-ring (bicyclic) bond motifs is 1. The molecular formula is C29H26ClN3O. The molecule has 4 nitrogen and oxygen atoms in total. The lowest BCUT2D eigenvalue weighted by Crippen LogP contribution is -2.48. The summed E-state index contributed by atoms with van der Waals surface area (Å²) in [6, 6.07) is 27.6. The fraction of sp³-hybridized carbons (Fsp3) is 0.172. The van der Waals surface area contributed by atoms with Gasteiger partial charge in [0.2, 0.25) is 0 Å². The number of halogens is 1. The van der Waals surface area contributed by atoms with Gasteiger partial charge in [0.1, 0.15) is 0 Å². The van der Waals surface area contributed by atoms with Crippen molar-refractivity contribution in [1.29, 1.82) is 0 Å². The summed E-state index contributed by atoms with van der Waals surface area (Å²) in [6.45, 7) is 3.99. The Morgan fingerprint density at radius 2 is 1.59 bits per heavy atom. The monoisotopic (exact) mass is 467 g/mol. The molecular weight excluding hydrogens is 442 g/mol. The molecule has 0 unspecified atom stereocenters. The fourth-order valence-electron chi connectivity index (χ4n) is 4.37. The second-order valence-corrected chi connectivity index (χ2v) is 8.87. The SMILES string of the molecule is O=C(c1cc(-c2ccccc2Cl)nc2ccccc12)N1CCN(C/C=C\c2ccccc2)CC1. The summed E-state index contributed by atoms with van der Waals surface area (Å²) >= 11 is 6.44. The number of aromatic nitrogens is 1. The van der Waals surface area contributed by atoms with E-state index in [0.29, 0.717) is 23.7 Å². The van der Waals surface area contributed by atoms with E-state index in [1.807, 2.05) is 77.7 Å². The molecule has 1 amide bonds. The van der Waals surface area contributed by atoms with Gasteiger partial charge >= 0.3 is 0 Å². The number of amides is 1. The first-order valence-corrected chi connectivity index (χ1v) is 11.9. The summed E-state index contributed by atoms with van der Waals surface area (Å²) in [5, 5.41) is 1.50. The minimum atomic E-state index is 0.0476. The molecule has 0 N–H and O–H groups in total. The molecule has 2 heterocycles. The van der Waals surface area contributed by atoms with E-state index in [9.17, 15) is 4.79 Å². The quantitative estimate of drug-likeness (QED) is 0.359. The Bertz CT molecular complexity index is 1330. The van der Waals surface area contributed by atoms with E-state index in [-0.39, 0.29) is 5.91 Å². The van der Waals surface area contributed by atoms with Gasteiger partial charge < -0.3 is 4.90 Å². The van der Waals surface area contributed by atoms with Gasteiger partial charge in [0.25, 0.3) is 5.91 Å². The highest BCUT2D eigenvalue weighted by atomic mass is 35.5. The molecule has 0 bridgehead atoms. The molecule has 1 fully saturated rings. The fourth-order valence-corrected chi connectivity index (χ4v) is 4.60. The maximum Gasteiger partial charge on any atom is 0.254 e. The number of piperazine rings is 1. The van der Waals surface area contributed by atoms with Crippen LogP contribution < -0.4 is 0 Å². The Morgan fingerprint density at radius 1 is 0.882 bits per heavy atom. The zero-order valence-corrected chi connectivity index (χ0v) is 19.7. The minimum absolute atomic E-state index is 0.0476. The highest BCUT2D eigenvalue weighted by Crippen LogP contribution is 2.30. The average Bonchev–Trinajstić information content (AvgIpc) is 2.89. The van der Waals surface area contributed by atoms with E-state index in [1.165, 1.54) is 5.56 Å². The first kappa shape index (κ1) is 22.3. The first-order valence-electron chi connectivity index (χ1n) is 11.6. The van der Waals surface area contributed by atoms with Gasteiger partial charge in [-0.25, -0.2) is 4.98 Å². The smallest absolute Gasteiger partial charge is 0.254 e. The van der Waals surface area contributed by atoms with Crippen LogP contribution in [-0.4, -0.2) is 53.4 Å². The molecule has 0 radical (unpaired) electrons. The molecule has 0 spiro atoms. The standard InChI is InChI=1S/C29H26ClN3O/c30-26-14-6-4-13-24(26)28-21-25(23-12-5-7-15-27(23)31-28)29(34)33-19-17-32(18-20-33)16-8-11-22-9-2-1-3-10-22/h1-15,21H,16-20H2/b11-8-. The van der Waals surface area contributed by atoms with Crippen LogP contribution in [0.4, 0.5) is 0 Å². The predicted octanol–water partition coefficient (Wildman–Crippen LogP) is 6.03. The summed E-state index contributed by atoms with van der Waals surface area (Å²) in [4.78, 5) is 22.7. The second-order valence-electron chi connectivity index (χ2n) is 8.46. The van der Waals surface area contributed by atoms with E-state index in [4.69, 9.17) is 16.6 Å². The van der Waals surface area contributed by atoms with Crippen molar-refractivity contribution in [3.63, 3.8) is 0 Å². The number of pyridine rings is 1. The molecule has 5 rings (SSSR count). The van der Waals surface area contributed by atoms with Crippen LogP contribution in [0.1, 0.15) is 15.9 Å². The van der Waals surface area contributed by atoms with E-state index < -0.39 is 0 Å². The van der Waals surface area contributed by atoms with Crippen molar-refractivity contribution in [3.8, 4) is 11.3 Å². The molecule has 0 atom stereocenters. The summed E-state index contributed by atoms with van der Waals surface area (Å²) in [5.74, 6) is 0.0476. The number of carbonyl (C=O) groups is 1. The van der Waals surface area contributed by atoms with Crippen molar-refractivity contribution in [2.24, 2.45) is 0 Å². The average molecular weight is 468 g/mol. The van der Waals surface area contributed by atoms with Crippen molar-refractivity contribution in [1.82, 2.24) is 14.8 Å². The van der Waals surface area contributed by atoms with E-state index in [0.717, 1.165) is 41.8 Å². The van der Waals surface area contributed by atoms with Crippen LogP contribution in [0.5, 0.6) is 0 Å². The molecule has 1 saturated heterocycles. The van der Waals surface area contributed by atoms with Gasteiger partial charge in [-0.05, 0) is 23.8 Å². The molecule has 170 valence electrons. The third kappa shape index (κ3) is 4.89. The van der Waals surface area contributed by atoms with Crippen LogP contribution in [-0.2, 0) is 0 Å². The van der Waals surface area contributed by atoms with E-state index in [2.05, 4.69) is 29.2 Å². The van der Waals surface area contributed by atoms with E-state index >= 15 is 0 Å². The topological polar surface area (TPSA) is 36.4 Å². The Balaban J connectivity index is 1.33. The molecule has 0 saturated carbocycles. The maximum absolute atomic E-state index is 13.6. The number of hydrogen-bond acceptors (Lipinski definition) is 3. The van der Waals surface area contributed by atoms with Gasteiger partial charge in [-0.2, -0.15) is 0 Å². The molecule has 4 aromatic rings. The number of nitrogens with zero attached hydrogens (tertiary/aromatic N) is 3. The Kier molecular flexibility index (Phi) is 6.70. The largest absolute Gasteiger partial charge is 0.336 e. The molecule has 3 aromatic carbocycles. The van der Waals surface area contributed by atoms with Crippen molar-refractivity contribution in [2.45, 2.75) is 0 Å². The van der Waals surface area contributed by atoms with Crippen molar-refractivity contribution >= 4 is 34.5 Å². The number of rotatable bonds is 5. The number of hydrogen-bond donors (Lipinski definition) is 0. The minimum Gasteiger partial charge on any atom is -0.336 e. The Morgan fingerprint density at radius 3 is 2.38 bits per heavy atom. The van der Waals surface area contributed by atoms with Crippen molar-refractivity contribution in [2.75, 3.05) is 32.7 Å². The normalized spacial score (nSPS) is 14.7. The van der Waals surface area contributed by atoms with Gasteiger partial charge in [0.15, 0.2) is 0 Å². The third-order valence-corrected chi connectivity index (χ3v) is 6.56. The maximum atomic E-state index is 13.6. The van der Waals surface area contributed by atoms with Crippen LogP contribution in [0.15, 0.2) is 91.0 Å². The zero-order chi connectivity index (χ0) is 23.3. The van der Waals surface area contributed by atoms with Gasteiger partial charge in [0, 0.05) is 48.7 Å². The third-order valence-electron chi connectivity index (χ3n) is 6.23. The summed E-state index contributed by atoms with van der Waals surface area (Å²) in [7, 11) is 0. The number of para-hydroxylation sites is 1. The Labute approximate surface area is 205 Å². The van der Waals surface area contributed by atoms with Gasteiger partial charge in [-0.1, -0.05) is 90.5 Å². The lowest BCUT2D eigenvalue weighted by atomic mass is 10.0. The molecule has 1 aliphatic heterocycles. The van der Waals surface area contributed by atoms with Crippen LogP contribution in [0.25, 0.3) is 28.2 Å². The zero-order valence-electron chi connectivity index (χ0n) is 18.9. The molecule has 1 aromatic heterocycles. The number of benzene rings is 3. The Hall–Kier alpha value is -3.47. The van der Waals surface area contributed by atoms with Crippen LogP contribution in [0.3, 0.4) is 0 Å². The van der Waals surface area contributed by atoms with Gasteiger partial charge in [-0.15, -0.1) is 0 Å². The molecule has 34 heavy (non-hydrogen) atoms. The van der Waals surface area contributed by atoms with Crippen LogP contribution in [0.2, 0.25) is 5.02 Å². The summed E-state index contributed by atoms with van der Waals surface area (Å²) in [5.41, 5.74) is 4.23. The van der Waals surface area contributed by atoms with Crippen molar-refractivity contribution < 1.29 is 4.79 Å². The molecule has 0 aliphatic carbocycles. The lowest BCUT2D eigenvalue weighted by molar-refractivity contribution is 0.0652. The van der Waals surface area contributed by atoms with Crippen molar-refractivity contribution in [3.05, 3.63) is 107 Å². The van der Waals surface area contributed by atoms with Crippen LogP contribution >= 0.6 is 11.6 Å².